The summed E-state index contributed by atoms with van der Waals surface area (Å²) in [6.07, 6.45) is 0.303. The molecule has 0 unspecified atom stereocenters. The quantitative estimate of drug-likeness (QED) is 0.566. The maximum atomic E-state index is 11.8. The van der Waals surface area contributed by atoms with Crippen molar-refractivity contribution in [3.05, 3.63) is 47.5 Å². The van der Waals surface area contributed by atoms with E-state index in [0.717, 1.165) is 5.56 Å². The van der Waals surface area contributed by atoms with Crippen LogP contribution in [0.5, 0.6) is 23.0 Å². The minimum Gasteiger partial charge on any atom is -0.496 e. The first-order valence-electron chi connectivity index (χ1n) is 10.1. The Morgan fingerprint density at radius 2 is 1.61 bits per heavy atom. The Hall–Kier alpha value is -2.93. The molecule has 0 aromatic heterocycles. The molecule has 0 spiro atoms. The van der Waals surface area contributed by atoms with E-state index in [9.17, 15) is 9.90 Å². The lowest BCUT2D eigenvalue weighted by atomic mass is 10.00. The topological polar surface area (TPSA) is 83.5 Å². The molecule has 0 saturated carbocycles. The van der Waals surface area contributed by atoms with Gasteiger partial charge in [0.15, 0.2) is 18.1 Å². The second-order valence-corrected chi connectivity index (χ2v) is 8.02. The van der Waals surface area contributed by atoms with Gasteiger partial charge in [-0.3, -0.25) is 0 Å². The fourth-order valence-corrected chi connectivity index (χ4v) is 3.07. The third-order valence-corrected chi connectivity index (χ3v) is 4.49. The summed E-state index contributed by atoms with van der Waals surface area (Å²) in [5.41, 5.74) is 1.03. The molecule has 0 aliphatic carbocycles. The van der Waals surface area contributed by atoms with E-state index in [4.69, 9.17) is 23.7 Å². The van der Waals surface area contributed by atoms with Gasteiger partial charge < -0.3 is 28.8 Å². The maximum Gasteiger partial charge on any atom is 0.344 e. The Bertz CT molecular complexity index is 871. The van der Waals surface area contributed by atoms with Crippen molar-refractivity contribution in [1.82, 2.24) is 0 Å². The Balaban J connectivity index is 2.02. The molecule has 0 amide bonds. The summed E-state index contributed by atoms with van der Waals surface area (Å²) in [6, 6.07) is 10.7. The van der Waals surface area contributed by atoms with Gasteiger partial charge in [-0.2, -0.15) is 0 Å². The Kier molecular flexibility index (Phi) is 8.56. The first kappa shape index (κ1) is 24.3. The van der Waals surface area contributed by atoms with Crippen LogP contribution >= 0.6 is 0 Å². The van der Waals surface area contributed by atoms with Crippen LogP contribution in [0.1, 0.15) is 44.4 Å². The predicted molar refractivity (Wildman–Crippen MR) is 117 cm³/mol. The van der Waals surface area contributed by atoms with Crippen molar-refractivity contribution in [3.8, 4) is 23.0 Å². The summed E-state index contributed by atoms with van der Waals surface area (Å²) < 4.78 is 26.9. The van der Waals surface area contributed by atoms with Crippen molar-refractivity contribution in [2.45, 2.75) is 45.3 Å². The zero-order valence-corrected chi connectivity index (χ0v) is 19.1. The second kappa shape index (κ2) is 10.9. The largest absolute Gasteiger partial charge is 0.496 e. The molecule has 7 heteroatoms. The van der Waals surface area contributed by atoms with E-state index < -0.39 is 17.7 Å². The number of ether oxygens (including phenoxy) is 5. The number of carbonyl (C=O) groups excluding carboxylic acids is 1. The number of aliphatic hydroxyl groups is 1. The van der Waals surface area contributed by atoms with Crippen molar-refractivity contribution in [3.63, 3.8) is 0 Å². The van der Waals surface area contributed by atoms with Crippen molar-refractivity contribution < 1.29 is 33.6 Å². The third-order valence-electron chi connectivity index (χ3n) is 4.49. The molecule has 2 rings (SSSR count). The summed E-state index contributed by atoms with van der Waals surface area (Å²) in [4.78, 5) is 11.8. The Morgan fingerprint density at radius 3 is 2.23 bits per heavy atom. The van der Waals surface area contributed by atoms with E-state index in [0.29, 0.717) is 41.4 Å². The Labute approximate surface area is 183 Å². The highest BCUT2D eigenvalue weighted by Gasteiger charge is 2.17. The van der Waals surface area contributed by atoms with Gasteiger partial charge in [-0.1, -0.05) is 12.1 Å². The maximum absolute atomic E-state index is 11.8. The lowest BCUT2D eigenvalue weighted by Gasteiger charge is -2.19. The summed E-state index contributed by atoms with van der Waals surface area (Å²) in [5, 5.41) is 10.7. The van der Waals surface area contributed by atoms with Crippen molar-refractivity contribution >= 4 is 5.97 Å². The molecular weight excluding hydrogens is 400 g/mol. The third kappa shape index (κ3) is 7.36. The van der Waals surface area contributed by atoms with E-state index in [1.54, 1.807) is 66.4 Å². The molecule has 1 atom stereocenters. The van der Waals surface area contributed by atoms with E-state index in [1.165, 1.54) is 0 Å². The molecule has 0 bridgehead atoms. The molecule has 0 heterocycles. The van der Waals surface area contributed by atoms with Crippen LogP contribution in [-0.2, 0) is 16.0 Å². The van der Waals surface area contributed by atoms with Gasteiger partial charge in [0.2, 0.25) is 0 Å². The van der Waals surface area contributed by atoms with Crippen LogP contribution in [0, 0.1) is 0 Å². The number of aryl methyl sites for hydroxylation is 1. The molecule has 170 valence electrons. The monoisotopic (exact) mass is 432 g/mol. The molecular formula is C24H32O7. The molecule has 31 heavy (non-hydrogen) atoms. The highest BCUT2D eigenvalue weighted by molar-refractivity contribution is 5.71. The molecule has 1 N–H and O–H groups in total. The normalized spacial score (nSPS) is 12.1. The number of benzene rings is 2. The van der Waals surface area contributed by atoms with Crippen LogP contribution in [0.25, 0.3) is 0 Å². The van der Waals surface area contributed by atoms with Gasteiger partial charge in [-0.05, 0) is 62.9 Å². The summed E-state index contributed by atoms with van der Waals surface area (Å²) >= 11 is 0. The van der Waals surface area contributed by atoms with E-state index in [1.807, 2.05) is 12.1 Å². The molecule has 0 aliphatic rings. The van der Waals surface area contributed by atoms with Crippen molar-refractivity contribution in [2.24, 2.45) is 0 Å². The van der Waals surface area contributed by atoms with Crippen LogP contribution in [0.2, 0.25) is 0 Å². The van der Waals surface area contributed by atoms with Gasteiger partial charge >= 0.3 is 5.97 Å². The van der Waals surface area contributed by atoms with Gasteiger partial charge in [0.05, 0.1) is 27.4 Å². The minimum atomic E-state index is -0.720. The molecule has 7 nitrogen and oxygen atoms in total. The fraction of sp³-hybridized carbons (Fsp3) is 0.458. The van der Waals surface area contributed by atoms with Crippen LogP contribution in [0.3, 0.4) is 0 Å². The zero-order chi connectivity index (χ0) is 23.0. The fourth-order valence-electron chi connectivity index (χ4n) is 3.07. The van der Waals surface area contributed by atoms with Crippen LogP contribution in [0.15, 0.2) is 36.4 Å². The van der Waals surface area contributed by atoms with Crippen molar-refractivity contribution in [1.29, 1.82) is 0 Å². The standard InChI is InChI=1S/C24H32O7/c1-24(2,3)31-23(26)15-30-18-9-7-8-16(12-18)19(25)11-10-17-13-21(28-5)22(29-6)14-20(17)27-4/h7-9,12-14,19,25H,10-11,15H2,1-6H3/t19-/m1/s1. The first-order valence-corrected chi connectivity index (χ1v) is 10.1. The minimum absolute atomic E-state index is 0.195. The number of esters is 1. The summed E-state index contributed by atoms with van der Waals surface area (Å²) in [5.74, 6) is 1.90. The number of hydrogen-bond acceptors (Lipinski definition) is 7. The highest BCUT2D eigenvalue weighted by atomic mass is 16.6. The van der Waals surface area contributed by atoms with E-state index in [2.05, 4.69) is 0 Å². The van der Waals surface area contributed by atoms with Crippen LogP contribution in [0.4, 0.5) is 0 Å². The second-order valence-electron chi connectivity index (χ2n) is 8.02. The molecule has 2 aromatic carbocycles. The first-order chi connectivity index (χ1) is 14.7. The molecule has 0 fully saturated rings. The number of methoxy groups -OCH3 is 3. The average molecular weight is 433 g/mol. The molecule has 0 radical (unpaired) electrons. The van der Waals surface area contributed by atoms with Gasteiger partial charge in [0.25, 0.3) is 0 Å². The lowest BCUT2D eigenvalue weighted by molar-refractivity contribution is -0.157. The van der Waals surface area contributed by atoms with Crippen molar-refractivity contribution in [2.75, 3.05) is 27.9 Å². The van der Waals surface area contributed by atoms with Crippen LogP contribution < -0.4 is 18.9 Å². The molecule has 2 aromatic rings. The summed E-state index contributed by atoms with van der Waals surface area (Å²) in [6.45, 7) is 5.21. The van der Waals surface area contributed by atoms with Crippen LogP contribution in [-0.4, -0.2) is 44.6 Å². The van der Waals surface area contributed by atoms with E-state index >= 15 is 0 Å². The van der Waals surface area contributed by atoms with Gasteiger partial charge in [0.1, 0.15) is 17.1 Å². The summed E-state index contributed by atoms with van der Waals surface area (Å²) in [7, 11) is 4.73. The lowest BCUT2D eigenvalue weighted by Crippen LogP contribution is -2.27. The Morgan fingerprint density at radius 1 is 0.968 bits per heavy atom. The zero-order valence-electron chi connectivity index (χ0n) is 19.1. The average Bonchev–Trinajstić information content (AvgIpc) is 2.74. The number of rotatable bonds is 10. The smallest absolute Gasteiger partial charge is 0.344 e. The SMILES string of the molecule is COc1cc(OC)c(OC)cc1CC[C@@H](O)c1cccc(OCC(=O)OC(C)(C)C)c1. The highest BCUT2D eigenvalue weighted by Crippen LogP contribution is 2.36. The van der Waals surface area contributed by atoms with Gasteiger partial charge in [-0.15, -0.1) is 0 Å². The molecule has 0 saturated heterocycles. The van der Waals surface area contributed by atoms with E-state index in [-0.39, 0.29) is 6.61 Å². The van der Waals surface area contributed by atoms with Gasteiger partial charge in [-0.25, -0.2) is 4.79 Å². The predicted octanol–water partition coefficient (Wildman–Crippen LogP) is 4.10. The van der Waals surface area contributed by atoms with Gasteiger partial charge in [0, 0.05) is 6.07 Å². The number of hydrogen-bond donors (Lipinski definition) is 1. The number of aliphatic hydroxyl groups excluding tert-OH is 1. The number of carbonyl (C=O) groups is 1. The molecule has 0 aliphatic heterocycles.